The molecule has 1 aliphatic heterocycles. The van der Waals surface area contributed by atoms with Crippen molar-refractivity contribution < 1.29 is 27.5 Å². The highest BCUT2D eigenvalue weighted by atomic mass is 32.2. The Morgan fingerprint density at radius 3 is 2.53 bits per heavy atom. The molecule has 1 heterocycles. The Labute approximate surface area is 190 Å². The fourth-order valence-electron chi connectivity index (χ4n) is 3.67. The van der Waals surface area contributed by atoms with Crippen molar-refractivity contribution in [2.45, 2.75) is 59.0 Å². The standard InChI is InChI=1S/C23H34N2O6S/c1-5-6-11-25(19-10-12-32(29,30)15-19)20(26)14-31-23(28)21(16(2)3)24-22(27)18-9-7-8-17(4)13-18/h7-9,13,16,19,21H,5-6,10-12,14-15H2,1-4H3,(H,24,27). The molecule has 9 heteroatoms. The van der Waals surface area contributed by atoms with Gasteiger partial charge in [0.1, 0.15) is 6.04 Å². The first-order chi connectivity index (χ1) is 15.0. The summed E-state index contributed by atoms with van der Waals surface area (Å²) in [7, 11) is -3.15. The predicted octanol–water partition coefficient (Wildman–Crippen LogP) is 2.11. The topological polar surface area (TPSA) is 110 Å². The van der Waals surface area contributed by atoms with Gasteiger partial charge in [-0.1, -0.05) is 44.9 Å². The summed E-state index contributed by atoms with van der Waals surface area (Å²) < 4.78 is 29.0. The van der Waals surface area contributed by atoms with Crippen LogP contribution in [0.15, 0.2) is 24.3 Å². The normalized spacial score (nSPS) is 18.2. The third kappa shape index (κ3) is 7.32. The largest absolute Gasteiger partial charge is 0.454 e. The molecular formula is C23H34N2O6S. The molecule has 2 rings (SSSR count). The maximum Gasteiger partial charge on any atom is 0.329 e. The second kappa shape index (κ2) is 11.4. The average Bonchev–Trinajstić information content (AvgIpc) is 3.09. The number of rotatable bonds is 10. The molecule has 0 bridgehead atoms. The summed E-state index contributed by atoms with van der Waals surface area (Å²) in [6, 6.07) is 5.72. The first kappa shape index (κ1) is 25.8. The minimum Gasteiger partial charge on any atom is -0.454 e. The van der Waals surface area contributed by atoms with Crippen LogP contribution in [0.4, 0.5) is 0 Å². The molecule has 1 aromatic rings. The summed E-state index contributed by atoms with van der Waals surface area (Å²) in [5.74, 6) is -1.74. The molecule has 0 saturated carbocycles. The summed E-state index contributed by atoms with van der Waals surface area (Å²) in [5, 5.41) is 2.70. The lowest BCUT2D eigenvalue weighted by Crippen LogP contribution is -2.47. The van der Waals surface area contributed by atoms with Crippen LogP contribution in [0.1, 0.15) is 56.0 Å². The van der Waals surface area contributed by atoms with E-state index in [2.05, 4.69) is 5.32 Å². The number of esters is 1. The Kier molecular flexibility index (Phi) is 9.24. The van der Waals surface area contributed by atoms with E-state index in [0.29, 0.717) is 18.5 Å². The van der Waals surface area contributed by atoms with E-state index < -0.39 is 40.3 Å². The van der Waals surface area contributed by atoms with Crippen molar-refractivity contribution in [3.63, 3.8) is 0 Å². The van der Waals surface area contributed by atoms with Gasteiger partial charge in [0.2, 0.25) is 0 Å². The number of benzene rings is 1. The van der Waals surface area contributed by atoms with Crippen LogP contribution >= 0.6 is 0 Å². The zero-order valence-corrected chi connectivity index (χ0v) is 20.1. The van der Waals surface area contributed by atoms with E-state index in [1.807, 2.05) is 19.9 Å². The number of aryl methyl sites for hydroxylation is 1. The van der Waals surface area contributed by atoms with E-state index in [4.69, 9.17) is 4.74 Å². The van der Waals surface area contributed by atoms with Gasteiger partial charge in [0.25, 0.3) is 11.8 Å². The van der Waals surface area contributed by atoms with Crippen LogP contribution in [-0.2, 0) is 24.2 Å². The van der Waals surface area contributed by atoms with Crippen LogP contribution in [0.5, 0.6) is 0 Å². The molecule has 178 valence electrons. The monoisotopic (exact) mass is 466 g/mol. The van der Waals surface area contributed by atoms with E-state index in [-0.39, 0.29) is 23.5 Å². The Bertz CT molecular complexity index is 928. The lowest BCUT2D eigenvalue weighted by atomic mass is 10.0. The Morgan fingerprint density at radius 1 is 1.25 bits per heavy atom. The fraction of sp³-hybridized carbons (Fsp3) is 0.609. The summed E-state index contributed by atoms with van der Waals surface area (Å²) in [6.07, 6.45) is 1.98. The molecular weight excluding hydrogens is 432 g/mol. The lowest BCUT2D eigenvalue weighted by molar-refractivity contribution is -0.155. The van der Waals surface area contributed by atoms with Crippen molar-refractivity contribution in [2.75, 3.05) is 24.7 Å². The van der Waals surface area contributed by atoms with E-state index in [1.165, 1.54) is 4.90 Å². The van der Waals surface area contributed by atoms with Gasteiger partial charge < -0.3 is 15.0 Å². The Balaban J connectivity index is 2.01. The van der Waals surface area contributed by atoms with Gasteiger partial charge in [-0.2, -0.15) is 0 Å². The van der Waals surface area contributed by atoms with Gasteiger partial charge in [0.05, 0.1) is 11.5 Å². The third-order valence-corrected chi connectivity index (χ3v) is 7.30. The fourth-order valence-corrected chi connectivity index (χ4v) is 5.41. The number of nitrogens with zero attached hydrogens (tertiary/aromatic N) is 1. The molecule has 0 spiro atoms. The van der Waals surface area contributed by atoms with Crippen LogP contribution in [-0.4, -0.2) is 67.8 Å². The smallest absolute Gasteiger partial charge is 0.329 e. The summed E-state index contributed by atoms with van der Waals surface area (Å²) in [6.45, 7) is 7.35. The number of nitrogens with one attached hydrogen (secondary N) is 1. The van der Waals surface area contributed by atoms with E-state index in [0.717, 1.165) is 18.4 Å². The number of carbonyl (C=O) groups is 3. The molecule has 0 radical (unpaired) electrons. The van der Waals surface area contributed by atoms with Gasteiger partial charge in [0.15, 0.2) is 16.4 Å². The van der Waals surface area contributed by atoms with Crippen LogP contribution in [0, 0.1) is 12.8 Å². The van der Waals surface area contributed by atoms with E-state index in [1.54, 1.807) is 32.0 Å². The van der Waals surface area contributed by atoms with Crippen LogP contribution in [0.25, 0.3) is 0 Å². The SMILES string of the molecule is CCCCN(C(=O)COC(=O)C(NC(=O)c1cccc(C)c1)C(C)C)C1CCS(=O)(=O)C1. The van der Waals surface area contributed by atoms with Gasteiger partial charge in [-0.3, -0.25) is 9.59 Å². The minimum absolute atomic E-state index is 0.0580. The zero-order valence-electron chi connectivity index (χ0n) is 19.3. The highest BCUT2D eigenvalue weighted by Crippen LogP contribution is 2.19. The number of hydrogen-bond donors (Lipinski definition) is 1. The summed E-state index contributed by atoms with van der Waals surface area (Å²) in [4.78, 5) is 39.6. The zero-order chi connectivity index (χ0) is 23.9. The molecule has 2 amide bonds. The van der Waals surface area contributed by atoms with Gasteiger partial charge in [-0.05, 0) is 37.8 Å². The summed E-state index contributed by atoms with van der Waals surface area (Å²) >= 11 is 0. The molecule has 32 heavy (non-hydrogen) atoms. The highest BCUT2D eigenvalue weighted by molar-refractivity contribution is 7.91. The second-order valence-electron chi connectivity index (χ2n) is 8.67. The molecule has 8 nitrogen and oxygen atoms in total. The van der Waals surface area contributed by atoms with Gasteiger partial charge in [-0.15, -0.1) is 0 Å². The first-order valence-electron chi connectivity index (χ1n) is 11.1. The van der Waals surface area contributed by atoms with Crippen LogP contribution < -0.4 is 5.32 Å². The molecule has 1 fully saturated rings. The van der Waals surface area contributed by atoms with Crippen LogP contribution in [0.2, 0.25) is 0 Å². The van der Waals surface area contributed by atoms with Crippen molar-refractivity contribution in [3.05, 3.63) is 35.4 Å². The molecule has 1 aromatic carbocycles. The second-order valence-corrected chi connectivity index (χ2v) is 10.9. The third-order valence-electron chi connectivity index (χ3n) is 5.55. The van der Waals surface area contributed by atoms with Crippen molar-refractivity contribution >= 4 is 27.6 Å². The molecule has 0 aliphatic carbocycles. The van der Waals surface area contributed by atoms with Crippen molar-refractivity contribution in [1.29, 1.82) is 0 Å². The number of unbranched alkanes of at least 4 members (excludes halogenated alkanes) is 1. The van der Waals surface area contributed by atoms with Crippen molar-refractivity contribution in [1.82, 2.24) is 10.2 Å². The maximum absolute atomic E-state index is 12.8. The quantitative estimate of drug-likeness (QED) is 0.529. The average molecular weight is 467 g/mol. The van der Waals surface area contributed by atoms with E-state index in [9.17, 15) is 22.8 Å². The number of carbonyl (C=O) groups excluding carboxylic acids is 3. The van der Waals surface area contributed by atoms with Gasteiger partial charge in [-0.25, -0.2) is 13.2 Å². The predicted molar refractivity (Wildman–Crippen MR) is 122 cm³/mol. The Hall–Kier alpha value is -2.42. The summed E-state index contributed by atoms with van der Waals surface area (Å²) in [5.41, 5.74) is 1.36. The van der Waals surface area contributed by atoms with Crippen LogP contribution in [0.3, 0.4) is 0 Å². The molecule has 1 saturated heterocycles. The molecule has 1 aliphatic rings. The highest BCUT2D eigenvalue weighted by Gasteiger charge is 2.35. The number of amides is 2. The lowest BCUT2D eigenvalue weighted by Gasteiger charge is -2.28. The molecule has 2 unspecified atom stereocenters. The van der Waals surface area contributed by atoms with E-state index >= 15 is 0 Å². The Morgan fingerprint density at radius 2 is 1.97 bits per heavy atom. The van der Waals surface area contributed by atoms with Gasteiger partial charge in [0, 0.05) is 18.2 Å². The number of sulfone groups is 1. The minimum atomic E-state index is -3.15. The number of hydrogen-bond acceptors (Lipinski definition) is 6. The van der Waals surface area contributed by atoms with Crippen molar-refractivity contribution in [2.24, 2.45) is 5.92 Å². The molecule has 0 aromatic heterocycles. The van der Waals surface area contributed by atoms with Gasteiger partial charge >= 0.3 is 5.97 Å². The van der Waals surface area contributed by atoms with Crippen molar-refractivity contribution in [3.8, 4) is 0 Å². The molecule has 1 N–H and O–H groups in total. The number of ether oxygens (including phenoxy) is 1. The maximum atomic E-state index is 12.8. The first-order valence-corrected chi connectivity index (χ1v) is 12.9. The molecule has 2 atom stereocenters.